The fourth-order valence-corrected chi connectivity index (χ4v) is 3.53. The van der Waals surface area contributed by atoms with E-state index in [9.17, 15) is 0 Å². The summed E-state index contributed by atoms with van der Waals surface area (Å²) >= 11 is 1.69. The minimum atomic E-state index is 0.632. The van der Waals surface area contributed by atoms with Crippen LogP contribution in [0.1, 0.15) is 12.1 Å². The molecule has 2 aromatic rings. The Labute approximate surface area is 117 Å². The summed E-state index contributed by atoms with van der Waals surface area (Å²) in [6, 6.07) is 0. The van der Waals surface area contributed by atoms with E-state index in [0.29, 0.717) is 5.92 Å². The quantitative estimate of drug-likeness (QED) is 0.903. The SMILES string of the molecule is CNCc1c(N2CCC(COC)C2)nc2sccn12. The number of anilines is 1. The van der Waals surface area contributed by atoms with E-state index in [0.717, 1.165) is 37.0 Å². The lowest BCUT2D eigenvalue weighted by Crippen LogP contribution is -2.23. The molecule has 1 aliphatic heterocycles. The molecule has 0 aromatic carbocycles. The number of imidazole rings is 1. The van der Waals surface area contributed by atoms with Crippen molar-refractivity contribution in [1.29, 1.82) is 0 Å². The standard InChI is InChI=1S/C13H20N4OS/c1-14-7-11-12(15-13-17(11)5-6-19-13)16-4-3-10(8-16)9-18-2/h5-6,10,14H,3-4,7-9H2,1-2H3. The molecular weight excluding hydrogens is 260 g/mol. The Balaban J connectivity index is 1.87. The lowest BCUT2D eigenvalue weighted by Gasteiger charge is -2.17. The molecule has 1 aliphatic rings. The number of aromatic nitrogens is 2. The third-order valence-corrected chi connectivity index (χ3v) is 4.43. The van der Waals surface area contributed by atoms with Gasteiger partial charge in [-0.3, -0.25) is 4.40 Å². The van der Waals surface area contributed by atoms with Crippen LogP contribution < -0.4 is 10.2 Å². The zero-order valence-corrected chi connectivity index (χ0v) is 12.2. The molecule has 5 nitrogen and oxygen atoms in total. The van der Waals surface area contributed by atoms with Crippen molar-refractivity contribution in [2.45, 2.75) is 13.0 Å². The summed E-state index contributed by atoms with van der Waals surface area (Å²) in [5.74, 6) is 1.77. The summed E-state index contributed by atoms with van der Waals surface area (Å²) in [5.41, 5.74) is 1.26. The first kappa shape index (κ1) is 12.9. The number of hydrogen-bond donors (Lipinski definition) is 1. The smallest absolute Gasteiger partial charge is 0.195 e. The molecule has 6 heteroatoms. The number of nitrogens with zero attached hydrogens (tertiary/aromatic N) is 3. The first-order valence-corrected chi connectivity index (χ1v) is 7.54. The normalized spacial score (nSPS) is 19.7. The first-order valence-electron chi connectivity index (χ1n) is 6.66. The fourth-order valence-electron chi connectivity index (χ4n) is 2.80. The van der Waals surface area contributed by atoms with Gasteiger partial charge in [0.25, 0.3) is 0 Å². The van der Waals surface area contributed by atoms with Crippen LogP contribution in [0.4, 0.5) is 5.82 Å². The molecule has 1 N–H and O–H groups in total. The second-order valence-corrected chi connectivity index (χ2v) is 5.90. The van der Waals surface area contributed by atoms with Crippen LogP contribution in [0.3, 0.4) is 0 Å². The van der Waals surface area contributed by atoms with Crippen LogP contribution in [-0.2, 0) is 11.3 Å². The van der Waals surface area contributed by atoms with Crippen molar-refractivity contribution in [2.75, 3.05) is 38.8 Å². The zero-order valence-electron chi connectivity index (χ0n) is 11.4. The van der Waals surface area contributed by atoms with Crippen LogP contribution in [0.15, 0.2) is 11.6 Å². The molecule has 1 unspecified atom stereocenters. The van der Waals surface area contributed by atoms with E-state index in [1.807, 2.05) is 7.05 Å². The van der Waals surface area contributed by atoms with Gasteiger partial charge in [0.2, 0.25) is 0 Å². The number of thiazole rings is 1. The van der Waals surface area contributed by atoms with E-state index >= 15 is 0 Å². The van der Waals surface area contributed by atoms with E-state index in [-0.39, 0.29) is 0 Å². The highest BCUT2D eigenvalue weighted by Crippen LogP contribution is 2.29. The van der Waals surface area contributed by atoms with Crippen molar-refractivity contribution in [1.82, 2.24) is 14.7 Å². The molecule has 0 aliphatic carbocycles. The molecule has 0 amide bonds. The Bertz CT molecular complexity index is 550. The predicted octanol–water partition coefficient (Wildman–Crippen LogP) is 1.59. The monoisotopic (exact) mass is 280 g/mol. The Morgan fingerprint density at radius 1 is 1.58 bits per heavy atom. The maximum Gasteiger partial charge on any atom is 0.195 e. The zero-order chi connectivity index (χ0) is 13.2. The molecule has 1 fully saturated rings. The molecule has 1 saturated heterocycles. The topological polar surface area (TPSA) is 41.8 Å². The van der Waals surface area contributed by atoms with Crippen LogP contribution in [0.5, 0.6) is 0 Å². The number of nitrogens with one attached hydrogen (secondary N) is 1. The Hall–Kier alpha value is -1.11. The van der Waals surface area contributed by atoms with Crippen molar-refractivity contribution in [3.63, 3.8) is 0 Å². The van der Waals surface area contributed by atoms with Crippen LogP contribution in [0, 0.1) is 5.92 Å². The molecule has 104 valence electrons. The van der Waals surface area contributed by atoms with E-state index in [4.69, 9.17) is 9.72 Å². The molecule has 0 spiro atoms. The average Bonchev–Trinajstić information content (AvgIpc) is 3.06. The summed E-state index contributed by atoms with van der Waals surface area (Å²) in [4.78, 5) is 8.27. The highest BCUT2D eigenvalue weighted by Gasteiger charge is 2.27. The van der Waals surface area contributed by atoms with Gasteiger partial charge in [-0.2, -0.15) is 0 Å². The van der Waals surface area contributed by atoms with Gasteiger partial charge in [-0.15, -0.1) is 11.3 Å². The van der Waals surface area contributed by atoms with E-state index < -0.39 is 0 Å². The molecule has 2 aromatic heterocycles. The van der Waals surface area contributed by atoms with Crippen molar-refractivity contribution in [3.05, 3.63) is 17.3 Å². The highest BCUT2D eigenvalue weighted by molar-refractivity contribution is 7.15. The maximum atomic E-state index is 5.27. The molecule has 0 saturated carbocycles. The maximum absolute atomic E-state index is 5.27. The van der Waals surface area contributed by atoms with Gasteiger partial charge in [0.05, 0.1) is 12.3 Å². The second kappa shape index (κ2) is 5.48. The highest BCUT2D eigenvalue weighted by atomic mass is 32.1. The van der Waals surface area contributed by atoms with Crippen molar-refractivity contribution in [3.8, 4) is 0 Å². The molecule has 0 bridgehead atoms. The number of hydrogen-bond acceptors (Lipinski definition) is 5. The van der Waals surface area contributed by atoms with E-state index in [2.05, 4.69) is 26.2 Å². The molecule has 3 rings (SSSR count). The summed E-state index contributed by atoms with van der Waals surface area (Å²) in [6.45, 7) is 3.82. The average molecular weight is 280 g/mol. The molecular formula is C13H20N4OS. The minimum absolute atomic E-state index is 0.632. The van der Waals surface area contributed by atoms with E-state index in [1.54, 1.807) is 18.4 Å². The minimum Gasteiger partial charge on any atom is -0.384 e. The Kier molecular flexibility index (Phi) is 3.72. The summed E-state index contributed by atoms with van der Waals surface area (Å²) in [7, 11) is 3.76. The largest absolute Gasteiger partial charge is 0.384 e. The van der Waals surface area contributed by atoms with Gasteiger partial charge in [0.1, 0.15) is 0 Å². The molecule has 1 atom stereocenters. The Morgan fingerprint density at radius 3 is 3.26 bits per heavy atom. The number of ether oxygens (including phenoxy) is 1. The molecule has 3 heterocycles. The number of rotatable bonds is 5. The third-order valence-electron chi connectivity index (χ3n) is 3.67. The van der Waals surface area contributed by atoms with Crippen LogP contribution in [-0.4, -0.2) is 43.2 Å². The first-order chi connectivity index (χ1) is 9.33. The van der Waals surface area contributed by atoms with Gasteiger partial charge < -0.3 is 15.0 Å². The second-order valence-electron chi connectivity index (χ2n) is 5.02. The van der Waals surface area contributed by atoms with Crippen LogP contribution in [0.25, 0.3) is 4.96 Å². The van der Waals surface area contributed by atoms with Gasteiger partial charge in [0.15, 0.2) is 10.8 Å². The Morgan fingerprint density at radius 2 is 2.47 bits per heavy atom. The summed E-state index contributed by atoms with van der Waals surface area (Å²) in [6.07, 6.45) is 3.30. The van der Waals surface area contributed by atoms with E-state index in [1.165, 1.54) is 12.1 Å². The lowest BCUT2D eigenvalue weighted by atomic mass is 10.1. The van der Waals surface area contributed by atoms with Crippen LogP contribution in [0.2, 0.25) is 0 Å². The van der Waals surface area contributed by atoms with Gasteiger partial charge in [-0.1, -0.05) is 0 Å². The predicted molar refractivity (Wildman–Crippen MR) is 78.0 cm³/mol. The van der Waals surface area contributed by atoms with Gasteiger partial charge in [0, 0.05) is 44.2 Å². The van der Waals surface area contributed by atoms with Crippen molar-refractivity contribution in [2.24, 2.45) is 5.92 Å². The fraction of sp³-hybridized carbons (Fsp3) is 0.615. The summed E-state index contributed by atoms with van der Waals surface area (Å²) < 4.78 is 7.46. The van der Waals surface area contributed by atoms with Crippen molar-refractivity contribution >= 4 is 22.1 Å². The summed E-state index contributed by atoms with van der Waals surface area (Å²) in [5, 5.41) is 5.33. The number of fused-ring (bicyclic) bond motifs is 1. The van der Waals surface area contributed by atoms with Gasteiger partial charge in [-0.05, 0) is 13.5 Å². The van der Waals surface area contributed by atoms with Gasteiger partial charge in [-0.25, -0.2) is 4.98 Å². The van der Waals surface area contributed by atoms with Crippen molar-refractivity contribution < 1.29 is 4.74 Å². The molecule has 19 heavy (non-hydrogen) atoms. The third kappa shape index (κ3) is 2.35. The lowest BCUT2D eigenvalue weighted by molar-refractivity contribution is 0.161. The van der Waals surface area contributed by atoms with Crippen LogP contribution >= 0.6 is 11.3 Å². The molecule has 0 radical (unpaired) electrons. The number of methoxy groups -OCH3 is 1. The van der Waals surface area contributed by atoms with Gasteiger partial charge >= 0.3 is 0 Å².